The van der Waals surface area contributed by atoms with E-state index in [-0.39, 0.29) is 6.61 Å². The van der Waals surface area contributed by atoms with E-state index in [9.17, 15) is 14.7 Å². The predicted octanol–water partition coefficient (Wildman–Crippen LogP) is 2.87. The van der Waals surface area contributed by atoms with Crippen LogP contribution in [0.3, 0.4) is 0 Å². The number of ether oxygens (including phenoxy) is 2. The first-order valence-electron chi connectivity index (χ1n) is 15.6. The summed E-state index contributed by atoms with van der Waals surface area (Å²) in [5.41, 5.74) is 3.45. The Morgan fingerprint density at radius 2 is 1.74 bits per heavy atom. The zero-order valence-electron chi connectivity index (χ0n) is 25.9. The van der Waals surface area contributed by atoms with Gasteiger partial charge in [0.05, 0.1) is 12.0 Å². The first-order valence-corrected chi connectivity index (χ1v) is 15.6. The first-order chi connectivity index (χ1) is 22.6. The monoisotopic (exact) mass is 653 g/mol. The molecular formula is C33H39N3O11. The number of piperidine rings is 1. The number of nitrogens with zero attached hydrogens (tertiary/aromatic N) is 3. The Balaban J connectivity index is 0.000000378. The number of β-amino-alcohol motifs (C(OH)–C–C–N with tert-alkyl or cyclic N) is 1. The quantitative estimate of drug-likeness (QED) is 0.158. The molecule has 2 aromatic heterocycles. The summed E-state index contributed by atoms with van der Waals surface area (Å²) in [7, 11) is 0. The van der Waals surface area contributed by atoms with Gasteiger partial charge in [-0.05, 0) is 74.0 Å². The first kappa shape index (κ1) is 33.9. The maximum atomic E-state index is 10.7. The van der Waals surface area contributed by atoms with Gasteiger partial charge in [-0.1, -0.05) is 25.1 Å². The Labute approximate surface area is 270 Å². The van der Waals surface area contributed by atoms with E-state index < -0.39 is 30.3 Å². The van der Waals surface area contributed by atoms with E-state index >= 15 is 0 Å². The molecule has 6 rings (SSSR count). The summed E-state index contributed by atoms with van der Waals surface area (Å²) in [5, 5.41) is 52.1. The summed E-state index contributed by atoms with van der Waals surface area (Å²) >= 11 is 0. The number of hydrogen-bond donors (Lipinski definition) is 5. The molecule has 0 unspecified atom stereocenters. The Hall–Kier alpha value is -4.50. The highest BCUT2D eigenvalue weighted by Gasteiger charge is 2.29. The minimum absolute atomic E-state index is 0.213. The topological polar surface area (TPSA) is 209 Å². The zero-order valence-corrected chi connectivity index (χ0v) is 25.9. The van der Waals surface area contributed by atoms with Crippen LogP contribution in [-0.4, -0.2) is 104 Å². The Bertz CT molecular complexity index is 1640. The number of hydrogen-bond acceptors (Lipinski definition) is 12. The van der Waals surface area contributed by atoms with Gasteiger partial charge in [0.1, 0.15) is 29.8 Å². The van der Waals surface area contributed by atoms with Gasteiger partial charge in [0, 0.05) is 19.0 Å². The molecule has 14 nitrogen and oxygen atoms in total. The highest BCUT2D eigenvalue weighted by Crippen LogP contribution is 2.34. The molecule has 4 aromatic rings. The van der Waals surface area contributed by atoms with Gasteiger partial charge in [0.25, 0.3) is 5.89 Å². The molecule has 2 aliphatic rings. The zero-order chi connectivity index (χ0) is 33.5. The van der Waals surface area contributed by atoms with E-state index in [1.807, 2.05) is 31.2 Å². The Morgan fingerprint density at radius 3 is 2.43 bits per heavy atom. The summed E-state index contributed by atoms with van der Waals surface area (Å²) in [6.07, 6.45) is -0.0419. The standard InChI is InChI=1S/C29H33N3O5.C4H6O6/c1-2-28-30-31-29(37-28)27-16-23-25(6-3-7-26(23)36-27)35-18-22(33)17-32-12-10-19(11-13-32)20-8-9-24-21(15-20)5-4-14-34-24;5-1(3(7)8)2(6)4(9)10/h3,6-9,15-16,19,22,33H,2,4-5,10-14,17-18H2,1H3;1-2,5-6H,(H,7,8)(H,9,10)/t22-;1-,2-/m01/s1. The van der Waals surface area contributed by atoms with E-state index in [0.717, 1.165) is 56.5 Å². The lowest BCUT2D eigenvalue weighted by molar-refractivity contribution is -0.165. The van der Waals surface area contributed by atoms with Crippen LogP contribution < -0.4 is 9.47 Å². The lowest BCUT2D eigenvalue weighted by Crippen LogP contribution is -2.40. The molecule has 0 bridgehead atoms. The van der Waals surface area contributed by atoms with Crippen molar-refractivity contribution in [3.05, 3.63) is 59.5 Å². The average molecular weight is 654 g/mol. The third kappa shape index (κ3) is 8.46. The van der Waals surface area contributed by atoms with Crippen LogP contribution in [0.2, 0.25) is 0 Å². The molecule has 4 heterocycles. The smallest absolute Gasteiger partial charge is 0.335 e. The van der Waals surface area contributed by atoms with Gasteiger partial charge < -0.3 is 48.7 Å². The van der Waals surface area contributed by atoms with Crippen LogP contribution in [-0.2, 0) is 22.4 Å². The molecule has 0 saturated carbocycles. The van der Waals surface area contributed by atoms with Crippen LogP contribution in [0.4, 0.5) is 0 Å². The van der Waals surface area contributed by atoms with Gasteiger partial charge in [-0.25, -0.2) is 9.59 Å². The molecule has 14 heteroatoms. The lowest BCUT2D eigenvalue weighted by atomic mass is 9.87. The fourth-order valence-corrected chi connectivity index (χ4v) is 5.65. The number of carboxylic acids is 2. The summed E-state index contributed by atoms with van der Waals surface area (Å²) in [6.45, 7) is 5.54. The van der Waals surface area contributed by atoms with Gasteiger partial charge in [-0.2, -0.15) is 0 Å². The molecule has 2 aromatic carbocycles. The van der Waals surface area contributed by atoms with Crippen LogP contribution in [0, 0.1) is 0 Å². The number of furan rings is 1. The predicted molar refractivity (Wildman–Crippen MR) is 166 cm³/mol. The van der Waals surface area contributed by atoms with Crippen molar-refractivity contribution >= 4 is 22.9 Å². The number of aliphatic carboxylic acids is 2. The fourth-order valence-electron chi connectivity index (χ4n) is 5.65. The van der Waals surface area contributed by atoms with Crippen molar-refractivity contribution in [1.82, 2.24) is 15.1 Å². The second-order valence-corrected chi connectivity index (χ2v) is 11.6. The number of aliphatic hydroxyl groups excluding tert-OH is 3. The SMILES string of the molecule is CCc1nnc(-c2cc3c(OC[C@@H](O)CN4CCC(c5ccc6c(c5)CCCO6)CC4)cccc3o2)o1.O=C(O)[C@H](O)[C@@H](O)C(=O)O. The second kappa shape index (κ2) is 15.4. The summed E-state index contributed by atoms with van der Waals surface area (Å²) in [5.74, 6) is 0.174. The van der Waals surface area contributed by atoms with E-state index in [0.29, 0.717) is 47.8 Å². The molecular weight excluding hydrogens is 614 g/mol. The minimum Gasteiger partial charge on any atom is -0.493 e. The van der Waals surface area contributed by atoms with Crippen LogP contribution in [0.1, 0.15) is 49.1 Å². The van der Waals surface area contributed by atoms with Gasteiger partial charge in [0.15, 0.2) is 18.0 Å². The van der Waals surface area contributed by atoms with Crippen molar-refractivity contribution in [3.63, 3.8) is 0 Å². The highest BCUT2D eigenvalue weighted by atomic mass is 16.5. The highest BCUT2D eigenvalue weighted by molar-refractivity contribution is 5.87. The number of aliphatic hydroxyl groups is 3. The van der Waals surface area contributed by atoms with Crippen molar-refractivity contribution in [1.29, 1.82) is 0 Å². The van der Waals surface area contributed by atoms with Crippen molar-refractivity contribution in [2.75, 3.05) is 32.8 Å². The van der Waals surface area contributed by atoms with Gasteiger partial charge in [0.2, 0.25) is 5.89 Å². The van der Waals surface area contributed by atoms with Gasteiger partial charge in [-0.15, -0.1) is 10.2 Å². The average Bonchev–Trinajstić information content (AvgIpc) is 3.75. The van der Waals surface area contributed by atoms with E-state index in [1.54, 1.807) is 0 Å². The maximum Gasteiger partial charge on any atom is 0.335 e. The second-order valence-electron chi connectivity index (χ2n) is 11.6. The third-order valence-electron chi connectivity index (χ3n) is 8.20. The third-order valence-corrected chi connectivity index (χ3v) is 8.20. The number of carbonyl (C=O) groups is 2. The van der Waals surface area contributed by atoms with E-state index in [2.05, 4.69) is 33.3 Å². The fraction of sp³-hybridized carbons (Fsp3) is 0.455. The summed E-state index contributed by atoms with van der Waals surface area (Å²) in [6, 6.07) is 14.2. The van der Waals surface area contributed by atoms with Crippen LogP contribution >= 0.6 is 0 Å². The van der Waals surface area contributed by atoms with Crippen molar-refractivity contribution in [2.24, 2.45) is 0 Å². The number of rotatable bonds is 11. The number of benzene rings is 2. The van der Waals surface area contributed by atoms with E-state index in [1.165, 1.54) is 11.1 Å². The summed E-state index contributed by atoms with van der Waals surface area (Å²) in [4.78, 5) is 21.9. The maximum absolute atomic E-state index is 10.7. The number of aromatic nitrogens is 2. The van der Waals surface area contributed by atoms with Crippen molar-refractivity contribution in [2.45, 2.75) is 63.3 Å². The molecule has 252 valence electrons. The largest absolute Gasteiger partial charge is 0.493 e. The summed E-state index contributed by atoms with van der Waals surface area (Å²) < 4.78 is 23.3. The number of likely N-dealkylation sites (tertiary alicyclic amines) is 1. The molecule has 2 aliphatic heterocycles. The van der Waals surface area contributed by atoms with E-state index in [4.69, 9.17) is 38.7 Å². The molecule has 47 heavy (non-hydrogen) atoms. The van der Waals surface area contributed by atoms with Crippen LogP contribution in [0.25, 0.3) is 22.6 Å². The number of aryl methyl sites for hydroxylation is 2. The molecule has 0 spiro atoms. The number of carboxylic acid groups (broad SMARTS) is 2. The molecule has 1 fully saturated rings. The molecule has 0 radical (unpaired) electrons. The number of fused-ring (bicyclic) bond motifs is 2. The van der Waals surface area contributed by atoms with Crippen molar-refractivity contribution < 1.29 is 53.4 Å². The van der Waals surface area contributed by atoms with Gasteiger partial charge >= 0.3 is 11.9 Å². The Morgan fingerprint density at radius 1 is 1.00 bits per heavy atom. The lowest BCUT2D eigenvalue weighted by Gasteiger charge is -2.33. The molecule has 5 N–H and O–H groups in total. The van der Waals surface area contributed by atoms with Crippen LogP contribution in [0.15, 0.2) is 51.3 Å². The normalized spacial score (nSPS) is 17.1. The minimum atomic E-state index is -2.27. The van der Waals surface area contributed by atoms with Crippen molar-refractivity contribution in [3.8, 4) is 23.1 Å². The van der Waals surface area contributed by atoms with Gasteiger partial charge in [-0.3, -0.25) is 0 Å². The van der Waals surface area contributed by atoms with Crippen LogP contribution in [0.5, 0.6) is 11.5 Å². The Kier molecular flexibility index (Phi) is 11.1. The molecule has 0 aliphatic carbocycles. The molecule has 1 saturated heterocycles. The molecule has 3 atom stereocenters. The molecule has 0 amide bonds.